The predicted molar refractivity (Wildman–Crippen MR) is 121 cm³/mol. The highest BCUT2D eigenvalue weighted by Crippen LogP contribution is 2.29. The smallest absolute Gasteiger partial charge is 0.244 e. The van der Waals surface area contributed by atoms with Crippen LogP contribution in [0.1, 0.15) is 29.2 Å². The first-order valence-corrected chi connectivity index (χ1v) is 12.0. The fourth-order valence-corrected chi connectivity index (χ4v) is 5.48. The van der Waals surface area contributed by atoms with Crippen LogP contribution in [0, 0.1) is 5.82 Å². The minimum absolute atomic E-state index is 0.0359. The lowest BCUT2D eigenvalue weighted by Crippen LogP contribution is -2.52. The maximum atomic E-state index is 13.4. The van der Waals surface area contributed by atoms with Crippen molar-refractivity contribution in [3.63, 3.8) is 0 Å². The first-order chi connectivity index (χ1) is 15.4. The average Bonchev–Trinajstić information content (AvgIpc) is 2.82. The van der Waals surface area contributed by atoms with E-state index in [1.807, 2.05) is 48.5 Å². The number of rotatable bonds is 6. The number of carbonyl (C=O) groups is 1. The van der Waals surface area contributed by atoms with Crippen molar-refractivity contribution in [2.45, 2.75) is 43.8 Å². The molecule has 166 valence electrons. The molecule has 0 saturated heterocycles. The van der Waals surface area contributed by atoms with Crippen LogP contribution in [0.15, 0.2) is 77.7 Å². The van der Waals surface area contributed by atoms with E-state index in [1.165, 1.54) is 22.0 Å². The molecule has 1 aliphatic rings. The zero-order chi connectivity index (χ0) is 22.7. The van der Waals surface area contributed by atoms with Crippen LogP contribution < -0.4 is 5.32 Å². The number of sulfonamides is 1. The molecule has 1 N–H and O–H groups in total. The van der Waals surface area contributed by atoms with E-state index < -0.39 is 21.9 Å². The summed E-state index contributed by atoms with van der Waals surface area (Å²) in [4.78, 5) is 13.1. The Labute approximate surface area is 187 Å². The highest BCUT2D eigenvalue weighted by molar-refractivity contribution is 7.89. The molecule has 0 aliphatic carbocycles. The Hall–Kier alpha value is -3.03. The summed E-state index contributed by atoms with van der Waals surface area (Å²) in [5.41, 5.74) is 3.96. The van der Waals surface area contributed by atoms with Gasteiger partial charge in [-0.15, -0.1) is 0 Å². The molecule has 1 heterocycles. The molecule has 7 heteroatoms. The molecule has 1 amide bonds. The first-order valence-electron chi connectivity index (χ1n) is 10.6. The quantitative estimate of drug-likeness (QED) is 0.618. The topological polar surface area (TPSA) is 66.5 Å². The zero-order valence-electron chi connectivity index (χ0n) is 17.8. The van der Waals surface area contributed by atoms with Crippen LogP contribution in [-0.2, 0) is 40.7 Å². The van der Waals surface area contributed by atoms with Gasteiger partial charge in [-0.1, -0.05) is 55.5 Å². The highest BCUT2D eigenvalue weighted by atomic mass is 32.2. The summed E-state index contributed by atoms with van der Waals surface area (Å²) in [5.74, 6) is -0.874. The molecule has 0 radical (unpaired) electrons. The number of nitrogens with one attached hydrogen (secondary N) is 1. The van der Waals surface area contributed by atoms with Crippen molar-refractivity contribution in [2.24, 2.45) is 0 Å². The lowest BCUT2D eigenvalue weighted by atomic mass is 9.95. The van der Waals surface area contributed by atoms with E-state index >= 15 is 0 Å². The van der Waals surface area contributed by atoms with Crippen LogP contribution in [0.5, 0.6) is 0 Å². The van der Waals surface area contributed by atoms with Gasteiger partial charge in [0.2, 0.25) is 15.9 Å². The van der Waals surface area contributed by atoms with Crippen molar-refractivity contribution in [3.8, 4) is 0 Å². The summed E-state index contributed by atoms with van der Waals surface area (Å²) < 4.78 is 41.4. The second-order valence-corrected chi connectivity index (χ2v) is 9.77. The third-order valence-corrected chi connectivity index (χ3v) is 7.70. The largest absolute Gasteiger partial charge is 0.351 e. The number of amides is 1. The number of halogens is 1. The van der Waals surface area contributed by atoms with Crippen LogP contribution in [0.25, 0.3) is 0 Å². The van der Waals surface area contributed by atoms with Crippen LogP contribution in [-0.4, -0.2) is 24.7 Å². The van der Waals surface area contributed by atoms with Crippen LogP contribution in [0.3, 0.4) is 0 Å². The second kappa shape index (κ2) is 9.22. The molecule has 1 aliphatic heterocycles. The van der Waals surface area contributed by atoms with E-state index in [4.69, 9.17) is 0 Å². The van der Waals surface area contributed by atoms with Gasteiger partial charge in [0.15, 0.2) is 0 Å². The van der Waals surface area contributed by atoms with Crippen molar-refractivity contribution in [1.82, 2.24) is 9.62 Å². The lowest BCUT2D eigenvalue weighted by Gasteiger charge is -2.35. The number of benzene rings is 3. The Bertz CT molecular complexity index is 1210. The molecule has 0 unspecified atom stereocenters. The van der Waals surface area contributed by atoms with Crippen molar-refractivity contribution >= 4 is 15.9 Å². The number of hydrogen-bond acceptors (Lipinski definition) is 3. The van der Waals surface area contributed by atoms with Gasteiger partial charge in [0.25, 0.3) is 0 Å². The standard InChI is InChI=1S/C25H25FN2O3S/c1-2-18-7-9-19(10-8-18)16-27-25(29)24-15-20-5-3-4-6-21(20)17-28(24)32(30,31)23-13-11-22(26)12-14-23/h3-14,24H,2,15-17H2,1H3,(H,27,29)/t24-/m1/s1. The van der Waals surface area contributed by atoms with Crippen molar-refractivity contribution in [1.29, 1.82) is 0 Å². The lowest BCUT2D eigenvalue weighted by molar-refractivity contribution is -0.125. The fraction of sp³-hybridized carbons (Fsp3) is 0.240. The number of nitrogens with zero attached hydrogens (tertiary/aromatic N) is 1. The Morgan fingerprint density at radius 2 is 1.59 bits per heavy atom. The summed E-state index contributed by atoms with van der Waals surface area (Å²) >= 11 is 0. The van der Waals surface area contributed by atoms with Gasteiger partial charge in [0, 0.05) is 13.1 Å². The molecule has 0 spiro atoms. The molecule has 0 fully saturated rings. The minimum atomic E-state index is -4.00. The monoisotopic (exact) mass is 452 g/mol. The molecule has 5 nitrogen and oxygen atoms in total. The van der Waals surface area contributed by atoms with Crippen molar-refractivity contribution < 1.29 is 17.6 Å². The van der Waals surface area contributed by atoms with Gasteiger partial charge >= 0.3 is 0 Å². The minimum Gasteiger partial charge on any atom is -0.351 e. The first kappa shape index (κ1) is 22.2. The molecule has 32 heavy (non-hydrogen) atoms. The van der Waals surface area contributed by atoms with Gasteiger partial charge in [-0.3, -0.25) is 4.79 Å². The van der Waals surface area contributed by atoms with E-state index in [9.17, 15) is 17.6 Å². The van der Waals surface area contributed by atoms with Gasteiger partial charge in [-0.05, 0) is 59.4 Å². The Morgan fingerprint density at radius 1 is 0.969 bits per heavy atom. The number of carbonyl (C=O) groups excluding carboxylic acids is 1. The molecular formula is C25H25FN2O3S. The molecule has 0 aromatic heterocycles. The summed E-state index contributed by atoms with van der Waals surface area (Å²) in [5, 5.41) is 2.89. The third-order valence-electron chi connectivity index (χ3n) is 5.83. The zero-order valence-corrected chi connectivity index (χ0v) is 18.6. The molecule has 3 aromatic rings. The summed E-state index contributed by atoms with van der Waals surface area (Å²) in [6.45, 7) is 2.47. The van der Waals surface area contributed by atoms with Crippen LogP contribution in [0.4, 0.5) is 4.39 Å². The maximum Gasteiger partial charge on any atom is 0.244 e. The predicted octanol–water partition coefficient (Wildman–Crippen LogP) is 3.82. The molecule has 1 atom stereocenters. The highest BCUT2D eigenvalue weighted by Gasteiger charge is 2.39. The molecule has 0 bridgehead atoms. The Morgan fingerprint density at radius 3 is 2.25 bits per heavy atom. The van der Waals surface area contributed by atoms with Gasteiger partial charge in [-0.2, -0.15) is 4.31 Å². The summed E-state index contributed by atoms with van der Waals surface area (Å²) in [7, 11) is -4.00. The van der Waals surface area contributed by atoms with E-state index in [2.05, 4.69) is 12.2 Å². The third kappa shape index (κ3) is 4.59. The normalized spacial score (nSPS) is 16.4. The Balaban J connectivity index is 1.60. The maximum absolute atomic E-state index is 13.4. The van der Waals surface area contributed by atoms with Crippen LogP contribution >= 0.6 is 0 Å². The second-order valence-electron chi connectivity index (χ2n) is 7.88. The van der Waals surface area contributed by atoms with Gasteiger partial charge in [0.1, 0.15) is 11.9 Å². The molecular weight excluding hydrogens is 427 g/mol. The number of hydrogen-bond donors (Lipinski definition) is 1. The van der Waals surface area contributed by atoms with Crippen molar-refractivity contribution in [3.05, 3.63) is 101 Å². The Kier molecular flexibility index (Phi) is 6.39. The summed E-state index contributed by atoms with van der Waals surface area (Å²) in [6.07, 6.45) is 1.21. The van der Waals surface area contributed by atoms with E-state index in [1.54, 1.807) is 0 Å². The molecule has 4 rings (SSSR count). The van der Waals surface area contributed by atoms with Gasteiger partial charge < -0.3 is 5.32 Å². The SMILES string of the molecule is CCc1ccc(CNC(=O)[C@H]2Cc3ccccc3CN2S(=O)(=O)c2ccc(F)cc2)cc1. The fourth-order valence-electron chi connectivity index (χ4n) is 3.92. The van der Waals surface area contributed by atoms with E-state index in [0.29, 0.717) is 6.54 Å². The van der Waals surface area contributed by atoms with Gasteiger partial charge in [0.05, 0.1) is 4.90 Å². The van der Waals surface area contributed by atoms with Crippen LogP contribution in [0.2, 0.25) is 0 Å². The number of aryl methyl sites for hydroxylation is 1. The van der Waals surface area contributed by atoms with Crippen molar-refractivity contribution in [2.75, 3.05) is 0 Å². The summed E-state index contributed by atoms with van der Waals surface area (Å²) in [6, 6.07) is 19.3. The van der Waals surface area contributed by atoms with Gasteiger partial charge in [-0.25, -0.2) is 12.8 Å². The molecule has 0 saturated carbocycles. The van der Waals surface area contributed by atoms with E-state index in [0.717, 1.165) is 35.2 Å². The number of fused-ring (bicyclic) bond motifs is 1. The van der Waals surface area contributed by atoms with E-state index in [-0.39, 0.29) is 23.8 Å². The average molecular weight is 453 g/mol. The molecule has 3 aromatic carbocycles.